The highest BCUT2D eigenvalue weighted by atomic mass is 16.5. The van der Waals surface area contributed by atoms with E-state index in [1.807, 2.05) is 6.07 Å². The van der Waals surface area contributed by atoms with E-state index in [0.717, 1.165) is 0 Å². The molecule has 7 nitrogen and oxygen atoms in total. The van der Waals surface area contributed by atoms with E-state index < -0.39 is 11.9 Å². The van der Waals surface area contributed by atoms with Gasteiger partial charge in [-0.2, -0.15) is 5.26 Å². The number of nitrogens with zero attached hydrogens (tertiary/aromatic N) is 1. The molecule has 1 aromatic heterocycles. The van der Waals surface area contributed by atoms with Gasteiger partial charge in [0.25, 0.3) is 0 Å². The van der Waals surface area contributed by atoms with Crippen LogP contribution in [0.3, 0.4) is 0 Å². The predicted molar refractivity (Wildman–Crippen MR) is 70.3 cm³/mol. The number of hydrogen-bond acceptors (Lipinski definition) is 7. The van der Waals surface area contributed by atoms with Crippen LogP contribution in [0.25, 0.3) is 0 Å². The molecule has 0 spiro atoms. The Hall–Kier alpha value is -2.72. The van der Waals surface area contributed by atoms with E-state index in [1.54, 1.807) is 12.1 Å². The highest BCUT2D eigenvalue weighted by molar-refractivity contribution is 5.92. The Bertz CT molecular complexity index is 637. The summed E-state index contributed by atoms with van der Waals surface area (Å²) >= 11 is 0. The lowest BCUT2D eigenvalue weighted by atomic mass is 9.87. The van der Waals surface area contributed by atoms with Crippen LogP contribution in [0, 0.1) is 11.3 Å². The molecule has 1 aliphatic heterocycles. The number of nitrogens with two attached hydrogens (primary N) is 1. The number of carbonyl (C=O) groups excluding carboxylic acids is 1. The summed E-state index contributed by atoms with van der Waals surface area (Å²) < 4.78 is 20.4. The zero-order valence-corrected chi connectivity index (χ0v) is 11.6. The normalized spacial score (nSPS) is 18.2. The van der Waals surface area contributed by atoms with E-state index in [9.17, 15) is 10.1 Å². The van der Waals surface area contributed by atoms with Crippen LogP contribution in [0.2, 0.25) is 0 Å². The molecule has 2 heterocycles. The van der Waals surface area contributed by atoms with Gasteiger partial charge in [0.05, 0.1) is 24.9 Å². The zero-order chi connectivity index (χ0) is 15.4. The lowest BCUT2D eigenvalue weighted by Crippen LogP contribution is -2.27. The first-order chi connectivity index (χ1) is 10.1. The van der Waals surface area contributed by atoms with Gasteiger partial charge < -0.3 is 24.4 Å². The first kappa shape index (κ1) is 14.7. The van der Waals surface area contributed by atoms with E-state index >= 15 is 0 Å². The fourth-order valence-electron chi connectivity index (χ4n) is 2.13. The molecular weight excluding hydrogens is 276 g/mol. The number of ether oxygens (including phenoxy) is 3. The van der Waals surface area contributed by atoms with Gasteiger partial charge >= 0.3 is 5.97 Å². The van der Waals surface area contributed by atoms with Gasteiger partial charge in [-0.25, -0.2) is 4.79 Å². The number of hydrogen-bond donors (Lipinski definition) is 1. The second-order valence-corrected chi connectivity index (χ2v) is 4.20. The lowest BCUT2D eigenvalue weighted by Gasteiger charge is -2.26. The monoisotopic (exact) mass is 290 g/mol. The Labute approximate surface area is 121 Å². The zero-order valence-electron chi connectivity index (χ0n) is 11.6. The maximum absolute atomic E-state index is 12.1. The van der Waals surface area contributed by atoms with E-state index in [4.69, 9.17) is 24.4 Å². The van der Waals surface area contributed by atoms with Crippen LogP contribution in [-0.4, -0.2) is 26.8 Å². The quantitative estimate of drug-likeness (QED) is 0.829. The second-order valence-electron chi connectivity index (χ2n) is 4.20. The lowest BCUT2D eigenvalue weighted by molar-refractivity contribution is -0.136. The van der Waals surface area contributed by atoms with Crippen LogP contribution in [0.15, 0.2) is 45.6 Å². The number of rotatable bonds is 4. The molecule has 110 valence electrons. The molecule has 21 heavy (non-hydrogen) atoms. The van der Waals surface area contributed by atoms with Gasteiger partial charge in [-0.3, -0.25) is 0 Å². The standard InChI is InChI=1S/C14H14N2O5/c1-18-7-10-12(14(17)19-2)11(9-4-3-5-20-9)8(6-15)13(16)21-10/h3-5,11H,7,16H2,1-2H3/t11-/m0/s1. The van der Waals surface area contributed by atoms with Crippen molar-refractivity contribution in [3.05, 3.63) is 46.9 Å². The Morgan fingerprint density at radius 1 is 1.52 bits per heavy atom. The highest BCUT2D eigenvalue weighted by Crippen LogP contribution is 2.39. The largest absolute Gasteiger partial charge is 0.468 e. The van der Waals surface area contributed by atoms with Crippen molar-refractivity contribution in [2.45, 2.75) is 5.92 Å². The molecule has 1 aliphatic rings. The summed E-state index contributed by atoms with van der Waals surface area (Å²) in [5.41, 5.74) is 5.99. The number of allylic oxidation sites excluding steroid dienone is 1. The molecule has 0 aromatic carbocycles. The first-order valence-corrected chi connectivity index (χ1v) is 6.05. The Morgan fingerprint density at radius 2 is 2.29 bits per heavy atom. The van der Waals surface area contributed by atoms with Gasteiger partial charge in [0, 0.05) is 7.11 Å². The van der Waals surface area contributed by atoms with Crippen molar-refractivity contribution in [3.63, 3.8) is 0 Å². The number of methoxy groups -OCH3 is 2. The van der Waals surface area contributed by atoms with Crippen LogP contribution in [0.5, 0.6) is 0 Å². The van der Waals surface area contributed by atoms with Crippen molar-refractivity contribution in [1.29, 1.82) is 5.26 Å². The molecule has 2 rings (SSSR count). The van der Waals surface area contributed by atoms with Crippen LogP contribution in [0.1, 0.15) is 11.7 Å². The van der Waals surface area contributed by atoms with Crippen LogP contribution < -0.4 is 5.73 Å². The topological polar surface area (TPSA) is 108 Å². The minimum Gasteiger partial charge on any atom is -0.468 e. The number of furan rings is 1. The van der Waals surface area contributed by atoms with Crippen molar-refractivity contribution in [3.8, 4) is 6.07 Å². The van der Waals surface area contributed by atoms with Gasteiger partial charge in [-0.1, -0.05) is 0 Å². The van der Waals surface area contributed by atoms with Crippen molar-refractivity contribution in [1.82, 2.24) is 0 Å². The Kier molecular flexibility index (Phi) is 4.30. The molecule has 2 N–H and O–H groups in total. The second kappa shape index (κ2) is 6.15. The fraction of sp³-hybridized carbons (Fsp3) is 0.286. The van der Waals surface area contributed by atoms with Crippen LogP contribution in [-0.2, 0) is 19.0 Å². The van der Waals surface area contributed by atoms with E-state index in [0.29, 0.717) is 5.76 Å². The molecule has 1 atom stereocenters. The van der Waals surface area contributed by atoms with Crippen LogP contribution >= 0.6 is 0 Å². The highest BCUT2D eigenvalue weighted by Gasteiger charge is 2.38. The van der Waals surface area contributed by atoms with E-state index in [-0.39, 0.29) is 29.4 Å². The molecule has 0 amide bonds. The summed E-state index contributed by atoms with van der Waals surface area (Å²) in [6, 6.07) is 5.25. The molecular formula is C14H14N2O5. The summed E-state index contributed by atoms with van der Waals surface area (Å²) in [5, 5.41) is 9.30. The summed E-state index contributed by atoms with van der Waals surface area (Å²) in [5.74, 6) is -0.910. The maximum Gasteiger partial charge on any atom is 0.338 e. The summed E-state index contributed by atoms with van der Waals surface area (Å²) in [4.78, 5) is 12.1. The Balaban J connectivity index is 2.62. The summed E-state index contributed by atoms with van der Waals surface area (Å²) in [6.07, 6.45) is 1.45. The maximum atomic E-state index is 12.1. The minimum absolute atomic E-state index is 0.0149. The van der Waals surface area contributed by atoms with Crippen molar-refractivity contribution in [2.24, 2.45) is 5.73 Å². The third kappa shape index (κ3) is 2.61. The van der Waals surface area contributed by atoms with Crippen molar-refractivity contribution >= 4 is 5.97 Å². The molecule has 1 aromatic rings. The molecule has 0 saturated carbocycles. The third-order valence-electron chi connectivity index (χ3n) is 3.01. The van der Waals surface area contributed by atoms with Crippen molar-refractivity contribution < 1.29 is 23.4 Å². The van der Waals surface area contributed by atoms with Crippen LogP contribution in [0.4, 0.5) is 0 Å². The number of esters is 1. The molecule has 0 radical (unpaired) electrons. The smallest absolute Gasteiger partial charge is 0.338 e. The summed E-state index contributed by atoms with van der Waals surface area (Å²) in [7, 11) is 2.69. The van der Waals surface area contributed by atoms with Gasteiger partial charge in [0.2, 0.25) is 5.88 Å². The molecule has 0 fully saturated rings. The summed E-state index contributed by atoms with van der Waals surface area (Å²) in [6.45, 7) is 0.0149. The third-order valence-corrected chi connectivity index (χ3v) is 3.01. The average molecular weight is 290 g/mol. The molecule has 7 heteroatoms. The average Bonchev–Trinajstić information content (AvgIpc) is 3.00. The minimum atomic E-state index is -0.781. The van der Waals surface area contributed by atoms with Crippen molar-refractivity contribution in [2.75, 3.05) is 20.8 Å². The SMILES string of the molecule is COCC1=C(C(=O)OC)[C@H](c2ccco2)C(C#N)=C(N)O1. The van der Waals surface area contributed by atoms with Gasteiger partial charge in [0.15, 0.2) is 0 Å². The fourth-order valence-corrected chi connectivity index (χ4v) is 2.13. The number of nitriles is 1. The van der Waals surface area contributed by atoms with Gasteiger partial charge in [-0.05, 0) is 12.1 Å². The molecule has 0 saturated heterocycles. The molecule has 0 unspecified atom stereocenters. The van der Waals surface area contributed by atoms with E-state index in [1.165, 1.54) is 20.5 Å². The predicted octanol–water partition coefficient (Wildman–Crippen LogP) is 1.16. The van der Waals surface area contributed by atoms with E-state index in [2.05, 4.69) is 0 Å². The molecule has 0 aliphatic carbocycles. The van der Waals surface area contributed by atoms with Gasteiger partial charge in [-0.15, -0.1) is 0 Å². The Morgan fingerprint density at radius 3 is 2.81 bits per heavy atom. The van der Waals surface area contributed by atoms with Gasteiger partial charge in [0.1, 0.15) is 29.8 Å². The first-order valence-electron chi connectivity index (χ1n) is 6.05. The number of carbonyl (C=O) groups is 1. The molecule has 0 bridgehead atoms.